The van der Waals surface area contributed by atoms with Gasteiger partial charge in [0.05, 0.1) is 11.5 Å². The number of anilines is 1. The zero-order valence-electron chi connectivity index (χ0n) is 14.6. The molecule has 3 atom stereocenters. The van der Waals surface area contributed by atoms with E-state index >= 15 is 0 Å². The maximum absolute atomic E-state index is 12.6. The first-order valence-electron chi connectivity index (χ1n) is 9.14. The number of carboxylic acids is 1. The first kappa shape index (κ1) is 16.9. The smallest absolute Gasteiger partial charge is 0.317 e. The monoisotopic (exact) mass is 357 g/mol. The lowest BCUT2D eigenvalue weighted by molar-refractivity contribution is -0.149. The van der Waals surface area contributed by atoms with Crippen LogP contribution in [0.15, 0.2) is 30.3 Å². The number of rotatable bonds is 3. The number of nitrogens with one attached hydrogen (secondary N) is 1. The highest BCUT2D eigenvalue weighted by molar-refractivity contribution is 5.96. The third-order valence-corrected chi connectivity index (χ3v) is 6.10. The van der Waals surface area contributed by atoms with E-state index < -0.39 is 11.4 Å². The molecule has 1 aromatic carbocycles. The van der Waals surface area contributed by atoms with Crippen molar-refractivity contribution in [3.8, 4) is 0 Å². The molecule has 1 unspecified atom stereocenters. The molecule has 0 spiro atoms. The van der Waals surface area contributed by atoms with Gasteiger partial charge in [-0.1, -0.05) is 24.6 Å². The van der Waals surface area contributed by atoms with Crippen LogP contribution in [0.1, 0.15) is 25.7 Å². The van der Waals surface area contributed by atoms with Crippen molar-refractivity contribution >= 4 is 23.6 Å². The first-order valence-corrected chi connectivity index (χ1v) is 9.14. The quantitative estimate of drug-likeness (QED) is 0.861. The largest absolute Gasteiger partial charge is 0.481 e. The molecule has 0 bridgehead atoms. The lowest BCUT2D eigenvalue weighted by atomic mass is 9.81. The van der Waals surface area contributed by atoms with Crippen molar-refractivity contribution in [2.75, 3.05) is 24.5 Å². The molecule has 138 valence electrons. The van der Waals surface area contributed by atoms with E-state index in [2.05, 4.69) is 5.32 Å². The van der Waals surface area contributed by atoms with E-state index in [0.29, 0.717) is 19.5 Å². The summed E-state index contributed by atoms with van der Waals surface area (Å²) in [5, 5.41) is 12.6. The SMILES string of the molecule is O=C(NC1CC(=O)N(c2ccccc2)C1)N1C[C@@H]2CCC[C@@]2(C(=O)O)C1. The van der Waals surface area contributed by atoms with Crippen LogP contribution in [0.2, 0.25) is 0 Å². The minimum Gasteiger partial charge on any atom is -0.481 e. The average molecular weight is 357 g/mol. The van der Waals surface area contributed by atoms with Crippen molar-refractivity contribution in [1.82, 2.24) is 10.2 Å². The van der Waals surface area contributed by atoms with Gasteiger partial charge in [-0.05, 0) is 30.9 Å². The number of fused-ring (bicyclic) bond motifs is 1. The van der Waals surface area contributed by atoms with Gasteiger partial charge in [-0.3, -0.25) is 9.59 Å². The number of likely N-dealkylation sites (tertiary alicyclic amines) is 1. The fourth-order valence-corrected chi connectivity index (χ4v) is 4.72. The summed E-state index contributed by atoms with van der Waals surface area (Å²) in [6, 6.07) is 8.89. The Morgan fingerprint density at radius 3 is 2.65 bits per heavy atom. The van der Waals surface area contributed by atoms with Crippen LogP contribution in [0.3, 0.4) is 0 Å². The fraction of sp³-hybridized carbons (Fsp3) is 0.526. The molecule has 1 aromatic rings. The summed E-state index contributed by atoms with van der Waals surface area (Å²) in [6.45, 7) is 1.19. The molecule has 1 aliphatic carbocycles. The van der Waals surface area contributed by atoms with E-state index in [-0.39, 0.29) is 36.9 Å². The minimum atomic E-state index is -0.790. The number of amides is 3. The van der Waals surface area contributed by atoms with Gasteiger partial charge in [0.15, 0.2) is 0 Å². The van der Waals surface area contributed by atoms with Crippen LogP contribution in [0.4, 0.5) is 10.5 Å². The summed E-state index contributed by atoms with van der Waals surface area (Å²) in [6.07, 6.45) is 2.68. The van der Waals surface area contributed by atoms with E-state index in [9.17, 15) is 19.5 Å². The van der Waals surface area contributed by atoms with Crippen LogP contribution < -0.4 is 10.2 Å². The molecule has 2 aliphatic heterocycles. The maximum Gasteiger partial charge on any atom is 0.317 e. The standard InChI is InChI=1S/C19H23N3O4/c23-16-9-14(11-22(16)15-6-2-1-3-7-15)20-18(26)21-10-13-5-4-8-19(13,12-21)17(24)25/h1-3,6-7,13-14H,4-5,8-12H2,(H,20,26)(H,24,25)/t13-,14?,19+/m0/s1. The van der Waals surface area contributed by atoms with Gasteiger partial charge < -0.3 is 20.2 Å². The van der Waals surface area contributed by atoms with Gasteiger partial charge in [-0.15, -0.1) is 0 Å². The number of carbonyl (C=O) groups excluding carboxylic acids is 2. The molecular weight excluding hydrogens is 334 g/mol. The van der Waals surface area contributed by atoms with Crippen LogP contribution in [0.5, 0.6) is 0 Å². The molecule has 2 saturated heterocycles. The van der Waals surface area contributed by atoms with Gasteiger partial charge >= 0.3 is 12.0 Å². The van der Waals surface area contributed by atoms with Gasteiger partial charge in [0.1, 0.15) is 0 Å². The number of carbonyl (C=O) groups is 3. The molecule has 0 radical (unpaired) electrons. The predicted molar refractivity (Wildman–Crippen MR) is 94.7 cm³/mol. The van der Waals surface area contributed by atoms with Crippen molar-refractivity contribution in [1.29, 1.82) is 0 Å². The number of para-hydroxylation sites is 1. The summed E-state index contributed by atoms with van der Waals surface area (Å²) >= 11 is 0. The molecule has 3 aliphatic rings. The second kappa shape index (κ2) is 6.30. The minimum absolute atomic E-state index is 0.0122. The number of hydrogen-bond donors (Lipinski definition) is 2. The van der Waals surface area contributed by atoms with Gasteiger partial charge in [-0.25, -0.2) is 4.79 Å². The van der Waals surface area contributed by atoms with Crippen molar-refractivity contribution in [3.05, 3.63) is 30.3 Å². The molecule has 26 heavy (non-hydrogen) atoms. The number of urea groups is 1. The first-order chi connectivity index (χ1) is 12.5. The molecule has 0 aromatic heterocycles. The average Bonchev–Trinajstić information content (AvgIpc) is 3.28. The van der Waals surface area contributed by atoms with E-state index in [4.69, 9.17) is 0 Å². The Labute approximate surface area is 152 Å². The highest BCUT2D eigenvalue weighted by Gasteiger charge is 2.56. The Bertz CT molecular complexity index is 738. The van der Waals surface area contributed by atoms with Gasteiger partial charge in [0.2, 0.25) is 5.91 Å². The topological polar surface area (TPSA) is 90.0 Å². The molecular formula is C19H23N3O4. The highest BCUT2D eigenvalue weighted by atomic mass is 16.4. The van der Waals surface area contributed by atoms with E-state index in [1.54, 1.807) is 9.80 Å². The fourth-order valence-electron chi connectivity index (χ4n) is 4.72. The Hall–Kier alpha value is -2.57. The summed E-state index contributed by atoms with van der Waals surface area (Å²) in [4.78, 5) is 40.0. The lowest BCUT2D eigenvalue weighted by Crippen LogP contribution is -2.46. The Kier molecular flexibility index (Phi) is 4.09. The number of benzene rings is 1. The zero-order valence-corrected chi connectivity index (χ0v) is 14.6. The van der Waals surface area contributed by atoms with Crippen LogP contribution in [-0.2, 0) is 9.59 Å². The van der Waals surface area contributed by atoms with Crippen molar-refractivity contribution in [2.45, 2.75) is 31.7 Å². The van der Waals surface area contributed by atoms with Gasteiger partial charge in [0, 0.05) is 31.7 Å². The number of nitrogens with zero attached hydrogens (tertiary/aromatic N) is 2. The third kappa shape index (κ3) is 2.71. The van der Waals surface area contributed by atoms with Gasteiger partial charge in [-0.2, -0.15) is 0 Å². The molecule has 7 nitrogen and oxygen atoms in total. The Morgan fingerprint density at radius 2 is 1.96 bits per heavy atom. The van der Waals surface area contributed by atoms with Crippen LogP contribution in [0, 0.1) is 11.3 Å². The Balaban J connectivity index is 1.39. The second-order valence-corrected chi connectivity index (χ2v) is 7.62. The zero-order chi connectivity index (χ0) is 18.3. The third-order valence-electron chi connectivity index (χ3n) is 6.10. The molecule has 2 heterocycles. The van der Waals surface area contributed by atoms with Crippen LogP contribution in [-0.4, -0.2) is 53.6 Å². The molecule has 3 amide bonds. The number of carboxylic acid groups (broad SMARTS) is 1. The van der Waals surface area contributed by atoms with E-state index in [1.165, 1.54) is 0 Å². The summed E-state index contributed by atoms with van der Waals surface area (Å²) in [7, 11) is 0. The molecule has 2 N–H and O–H groups in total. The molecule has 7 heteroatoms. The molecule has 3 fully saturated rings. The van der Waals surface area contributed by atoms with Crippen molar-refractivity contribution in [2.24, 2.45) is 11.3 Å². The molecule has 1 saturated carbocycles. The summed E-state index contributed by atoms with van der Waals surface area (Å²) in [5.74, 6) is -0.764. The van der Waals surface area contributed by atoms with Crippen molar-refractivity contribution in [3.63, 3.8) is 0 Å². The lowest BCUT2D eigenvalue weighted by Gasteiger charge is -2.24. The summed E-state index contributed by atoms with van der Waals surface area (Å²) in [5.41, 5.74) is 0.0496. The Morgan fingerprint density at radius 1 is 1.19 bits per heavy atom. The van der Waals surface area contributed by atoms with Crippen molar-refractivity contribution < 1.29 is 19.5 Å². The van der Waals surface area contributed by atoms with E-state index in [0.717, 1.165) is 18.5 Å². The van der Waals surface area contributed by atoms with Gasteiger partial charge in [0.25, 0.3) is 0 Å². The van der Waals surface area contributed by atoms with Crippen LogP contribution >= 0.6 is 0 Å². The molecule has 4 rings (SSSR count). The predicted octanol–water partition coefficient (Wildman–Crippen LogP) is 1.69. The number of aliphatic carboxylic acids is 1. The highest BCUT2D eigenvalue weighted by Crippen LogP contribution is 2.48. The normalized spacial score (nSPS) is 30.5. The number of hydrogen-bond acceptors (Lipinski definition) is 3. The maximum atomic E-state index is 12.6. The van der Waals surface area contributed by atoms with Crippen LogP contribution in [0.25, 0.3) is 0 Å². The summed E-state index contributed by atoms with van der Waals surface area (Å²) < 4.78 is 0. The van der Waals surface area contributed by atoms with E-state index in [1.807, 2.05) is 30.3 Å². The second-order valence-electron chi connectivity index (χ2n) is 7.62.